The van der Waals surface area contributed by atoms with Crippen LogP contribution in [0.5, 0.6) is 11.5 Å². The number of hydrogen-bond donors (Lipinski definition) is 0. The van der Waals surface area contributed by atoms with Gasteiger partial charge in [-0.3, -0.25) is 9.59 Å². The minimum absolute atomic E-state index is 0.270. The first kappa shape index (κ1) is 27.0. The molecule has 0 saturated heterocycles. The molecule has 0 heterocycles. The monoisotopic (exact) mass is 516 g/mol. The zero-order valence-corrected chi connectivity index (χ0v) is 23.3. The van der Waals surface area contributed by atoms with Crippen molar-refractivity contribution in [2.45, 2.75) is 103 Å². The van der Waals surface area contributed by atoms with Crippen LogP contribution < -0.4 is 9.47 Å². The average Bonchev–Trinajstić information content (AvgIpc) is 2.98. The fraction of sp³-hybridized carbons (Fsp3) is 0.588. The highest BCUT2D eigenvalue weighted by atomic mass is 16.5. The molecule has 5 rings (SSSR count). The molecule has 0 N–H and O–H groups in total. The van der Waals surface area contributed by atoms with Crippen LogP contribution in [0, 0.1) is 10.8 Å². The van der Waals surface area contributed by atoms with Gasteiger partial charge in [-0.05, 0) is 111 Å². The summed E-state index contributed by atoms with van der Waals surface area (Å²) in [6, 6.07) is 16.9. The van der Waals surface area contributed by atoms with Crippen molar-refractivity contribution in [1.29, 1.82) is 0 Å². The first-order valence-electron chi connectivity index (χ1n) is 15.1. The number of carbonyl (C=O) groups is 2. The number of Topliss-reactive ketones (excluding diaryl/α,β-unsaturated/α-hetero) is 2. The summed E-state index contributed by atoms with van der Waals surface area (Å²) < 4.78 is 11.6. The van der Waals surface area contributed by atoms with Gasteiger partial charge in [-0.1, -0.05) is 51.0 Å². The molecule has 0 radical (unpaired) electrons. The van der Waals surface area contributed by atoms with E-state index in [4.69, 9.17) is 9.47 Å². The quantitative estimate of drug-likeness (QED) is 0.236. The SMILES string of the molecule is CCCCOc1ccc(C2CCC3(CC2)C(=O)C2(CCC(c4ccc(OCCCC)cc4)CC2)C3=O)cc1. The van der Waals surface area contributed by atoms with Crippen LogP contribution in [0.3, 0.4) is 0 Å². The highest BCUT2D eigenvalue weighted by Gasteiger charge is 2.70. The molecule has 2 aromatic carbocycles. The van der Waals surface area contributed by atoms with E-state index in [1.165, 1.54) is 11.1 Å². The number of hydrogen-bond acceptors (Lipinski definition) is 4. The Labute approximate surface area is 228 Å². The number of unbranched alkanes of at least 4 members (excludes halogenated alkanes) is 2. The van der Waals surface area contributed by atoms with Gasteiger partial charge < -0.3 is 9.47 Å². The molecule has 3 aliphatic rings. The standard InChI is InChI=1S/C34H44O4/c1-3-5-23-37-29-11-7-25(8-12-29)27-15-19-33(20-16-27)31(35)34(32(33)36)21-17-28(18-22-34)26-9-13-30(14-10-26)38-24-6-4-2/h7-14,27-28H,3-6,15-24H2,1-2H3. The molecule has 0 amide bonds. The molecule has 0 bridgehead atoms. The number of ketones is 2. The van der Waals surface area contributed by atoms with Crippen molar-refractivity contribution in [2.75, 3.05) is 13.2 Å². The smallest absolute Gasteiger partial charge is 0.159 e. The maximum Gasteiger partial charge on any atom is 0.159 e. The van der Waals surface area contributed by atoms with E-state index >= 15 is 0 Å². The minimum Gasteiger partial charge on any atom is -0.494 e. The van der Waals surface area contributed by atoms with Gasteiger partial charge in [0, 0.05) is 0 Å². The molecule has 3 fully saturated rings. The summed E-state index contributed by atoms with van der Waals surface area (Å²) >= 11 is 0. The molecule has 0 atom stereocenters. The maximum absolute atomic E-state index is 13.7. The molecule has 38 heavy (non-hydrogen) atoms. The first-order valence-corrected chi connectivity index (χ1v) is 15.1. The summed E-state index contributed by atoms with van der Waals surface area (Å²) in [5.74, 6) is 3.23. The van der Waals surface area contributed by atoms with E-state index in [-0.39, 0.29) is 11.6 Å². The van der Waals surface area contributed by atoms with Crippen LogP contribution in [0.4, 0.5) is 0 Å². The fourth-order valence-corrected chi connectivity index (χ4v) is 7.20. The minimum atomic E-state index is -0.690. The largest absolute Gasteiger partial charge is 0.494 e. The second kappa shape index (κ2) is 11.6. The van der Waals surface area contributed by atoms with E-state index in [1.54, 1.807) is 0 Å². The molecule has 2 aromatic rings. The van der Waals surface area contributed by atoms with Gasteiger partial charge in [0.1, 0.15) is 11.5 Å². The van der Waals surface area contributed by atoms with Gasteiger partial charge in [-0.15, -0.1) is 0 Å². The summed E-state index contributed by atoms with van der Waals surface area (Å²) in [6.07, 6.45) is 10.9. The van der Waals surface area contributed by atoms with Crippen LogP contribution in [0.25, 0.3) is 0 Å². The molecule has 0 unspecified atom stereocenters. The van der Waals surface area contributed by atoms with E-state index in [2.05, 4.69) is 62.4 Å². The molecular formula is C34H44O4. The van der Waals surface area contributed by atoms with E-state index in [0.717, 1.165) is 102 Å². The molecule has 4 heteroatoms. The van der Waals surface area contributed by atoms with Crippen molar-refractivity contribution in [1.82, 2.24) is 0 Å². The Morgan fingerprint density at radius 1 is 0.605 bits per heavy atom. The molecule has 3 saturated carbocycles. The van der Waals surface area contributed by atoms with Crippen molar-refractivity contribution in [3.8, 4) is 11.5 Å². The van der Waals surface area contributed by atoms with Crippen molar-refractivity contribution in [2.24, 2.45) is 10.8 Å². The van der Waals surface area contributed by atoms with Gasteiger partial charge in [0.15, 0.2) is 11.6 Å². The van der Waals surface area contributed by atoms with Crippen LogP contribution in [0.2, 0.25) is 0 Å². The summed E-state index contributed by atoms with van der Waals surface area (Å²) in [7, 11) is 0. The van der Waals surface area contributed by atoms with Gasteiger partial charge in [0.25, 0.3) is 0 Å². The highest BCUT2D eigenvalue weighted by Crippen LogP contribution is 2.62. The van der Waals surface area contributed by atoms with Crippen molar-refractivity contribution >= 4 is 11.6 Å². The molecular weight excluding hydrogens is 472 g/mol. The lowest BCUT2D eigenvalue weighted by atomic mass is 9.42. The Kier molecular flexibility index (Phi) is 8.26. The Hall–Kier alpha value is -2.62. The molecule has 2 spiro atoms. The fourth-order valence-electron chi connectivity index (χ4n) is 7.20. The second-order valence-electron chi connectivity index (χ2n) is 11.9. The van der Waals surface area contributed by atoms with Crippen molar-refractivity contribution in [3.05, 3.63) is 59.7 Å². The van der Waals surface area contributed by atoms with Crippen molar-refractivity contribution in [3.63, 3.8) is 0 Å². The van der Waals surface area contributed by atoms with E-state index in [0.29, 0.717) is 11.8 Å². The zero-order chi connectivity index (χ0) is 26.6. The number of rotatable bonds is 10. The first-order chi connectivity index (χ1) is 18.5. The lowest BCUT2D eigenvalue weighted by Gasteiger charge is -2.57. The molecule has 4 nitrogen and oxygen atoms in total. The predicted octanol–water partition coefficient (Wildman–Crippen LogP) is 8.18. The summed E-state index contributed by atoms with van der Waals surface area (Å²) in [6.45, 7) is 5.85. The number of benzene rings is 2. The topological polar surface area (TPSA) is 52.6 Å². The Morgan fingerprint density at radius 2 is 0.947 bits per heavy atom. The lowest BCUT2D eigenvalue weighted by Crippen LogP contribution is -2.68. The van der Waals surface area contributed by atoms with E-state index in [1.807, 2.05) is 0 Å². The van der Waals surface area contributed by atoms with Gasteiger partial charge in [-0.25, -0.2) is 0 Å². The van der Waals surface area contributed by atoms with E-state index < -0.39 is 10.8 Å². The summed E-state index contributed by atoms with van der Waals surface area (Å²) in [4.78, 5) is 27.4. The molecule has 3 aliphatic carbocycles. The van der Waals surface area contributed by atoms with Crippen molar-refractivity contribution < 1.29 is 19.1 Å². The van der Waals surface area contributed by atoms with Crippen LogP contribution >= 0.6 is 0 Å². The van der Waals surface area contributed by atoms with Gasteiger partial charge in [0.05, 0.1) is 24.0 Å². The lowest BCUT2D eigenvalue weighted by molar-refractivity contribution is -0.177. The number of ether oxygens (including phenoxy) is 2. The third-order valence-electron chi connectivity index (χ3n) is 9.65. The predicted molar refractivity (Wildman–Crippen MR) is 151 cm³/mol. The normalized spacial score (nSPS) is 28.9. The summed E-state index contributed by atoms with van der Waals surface area (Å²) in [5, 5.41) is 0. The second-order valence-corrected chi connectivity index (χ2v) is 11.9. The van der Waals surface area contributed by atoms with Crippen LogP contribution in [0.1, 0.15) is 114 Å². The Morgan fingerprint density at radius 3 is 1.26 bits per heavy atom. The summed E-state index contributed by atoms with van der Waals surface area (Å²) in [5.41, 5.74) is 1.23. The number of carbonyl (C=O) groups excluding carboxylic acids is 2. The maximum atomic E-state index is 13.7. The van der Waals surface area contributed by atoms with Gasteiger partial charge in [0.2, 0.25) is 0 Å². The Bertz CT molecular complexity index is 979. The average molecular weight is 517 g/mol. The third kappa shape index (κ3) is 5.03. The third-order valence-corrected chi connectivity index (χ3v) is 9.65. The van der Waals surface area contributed by atoms with Gasteiger partial charge in [-0.2, -0.15) is 0 Å². The Balaban J connectivity index is 1.13. The van der Waals surface area contributed by atoms with Gasteiger partial charge >= 0.3 is 0 Å². The highest BCUT2D eigenvalue weighted by molar-refractivity contribution is 6.30. The van der Waals surface area contributed by atoms with Crippen LogP contribution in [-0.2, 0) is 9.59 Å². The van der Waals surface area contributed by atoms with Crippen LogP contribution in [0.15, 0.2) is 48.5 Å². The molecule has 0 aromatic heterocycles. The zero-order valence-electron chi connectivity index (χ0n) is 23.3. The van der Waals surface area contributed by atoms with Crippen LogP contribution in [-0.4, -0.2) is 24.8 Å². The molecule has 0 aliphatic heterocycles. The molecule has 204 valence electrons. The van der Waals surface area contributed by atoms with E-state index in [9.17, 15) is 9.59 Å².